The molecular formula is C6H7ClN2O3S. The minimum Gasteiger partial charge on any atom is -0.480 e. The van der Waals surface area contributed by atoms with Crippen LogP contribution in [0.3, 0.4) is 0 Å². The summed E-state index contributed by atoms with van der Waals surface area (Å²) in [7, 11) is -2.61. The first-order valence-electron chi connectivity index (χ1n) is 3.18. The lowest BCUT2D eigenvalue weighted by atomic mass is 10.5. The van der Waals surface area contributed by atoms with E-state index in [4.69, 9.17) is 21.5 Å². The van der Waals surface area contributed by atoms with E-state index in [0.29, 0.717) is 0 Å². The van der Waals surface area contributed by atoms with Crippen LogP contribution in [0.4, 0.5) is 0 Å². The molecule has 0 spiro atoms. The van der Waals surface area contributed by atoms with Gasteiger partial charge >= 0.3 is 0 Å². The number of halogens is 1. The van der Waals surface area contributed by atoms with E-state index in [9.17, 15) is 8.42 Å². The first kappa shape index (κ1) is 10.2. The van der Waals surface area contributed by atoms with Crippen LogP contribution in [0.15, 0.2) is 17.2 Å². The molecule has 1 aromatic heterocycles. The molecule has 0 fully saturated rings. The van der Waals surface area contributed by atoms with Gasteiger partial charge in [-0.05, 0) is 6.07 Å². The van der Waals surface area contributed by atoms with E-state index in [1.54, 1.807) is 0 Å². The number of hydrogen-bond acceptors (Lipinski definition) is 4. The van der Waals surface area contributed by atoms with Gasteiger partial charge in [0.05, 0.1) is 12.1 Å². The SMILES string of the molecule is COc1nccc(Cl)c1S(N)(=O)=O. The molecular weight excluding hydrogens is 216 g/mol. The lowest BCUT2D eigenvalue weighted by Crippen LogP contribution is -2.14. The van der Waals surface area contributed by atoms with E-state index >= 15 is 0 Å². The molecule has 0 radical (unpaired) electrons. The third kappa shape index (κ3) is 2.09. The fourth-order valence-electron chi connectivity index (χ4n) is 0.810. The second kappa shape index (κ2) is 3.49. The Morgan fingerprint density at radius 2 is 2.23 bits per heavy atom. The van der Waals surface area contributed by atoms with Crippen LogP contribution >= 0.6 is 11.6 Å². The van der Waals surface area contributed by atoms with Crippen LogP contribution < -0.4 is 9.88 Å². The summed E-state index contributed by atoms with van der Waals surface area (Å²) in [6.07, 6.45) is 1.33. The van der Waals surface area contributed by atoms with E-state index in [0.717, 1.165) is 0 Å². The van der Waals surface area contributed by atoms with Gasteiger partial charge in [0.1, 0.15) is 0 Å². The normalized spacial score (nSPS) is 11.3. The lowest BCUT2D eigenvalue weighted by Gasteiger charge is -2.05. The highest BCUT2D eigenvalue weighted by Gasteiger charge is 2.19. The number of hydrogen-bond donors (Lipinski definition) is 1. The van der Waals surface area contributed by atoms with Crippen LogP contribution in [0.25, 0.3) is 0 Å². The molecule has 2 N–H and O–H groups in total. The summed E-state index contributed by atoms with van der Waals surface area (Å²) in [6.45, 7) is 0. The number of pyridine rings is 1. The number of ether oxygens (including phenoxy) is 1. The minimum atomic E-state index is -3.90. The molecule has 0 aliphatic carbocycles. The highest BCUT2D eigenvalue weighted by molar-refractivity contribution is 7.89. The highest BCUT2D eigenvalue weighted by atomic mass is 35.5. The first-order valence-corrected chi connectivity index (χ1v) is 5.10. The fourth-order valence-corrected chi connectivity index (χ4v) is 1.99. The van der Waals surface area contributed by atoms with Gasteiger partial charge in [0, 0.05) is 6.20 Å². The van der Waals surface area contributed by atoms with Crippen LogP contribution in [0, 0.1) is 0 Å². The van der Waals surface area contributed by atoms with Gasteiger partial charge in [-0.3, -0.25) is 0 Å². The van der Waals surface area contributed by atoms with E-state index in [1.165, 1.54) is 19.4 Å². The van der Waals surface area contributed by atoms with Gasteiger partial charge in [0.2, 0.25) is 15.9 Å². The Balaban J connectivity index is 3.50. The molecule has 0 saturated heterocycles. The smallest absolute Gasteiger partial charge is 0.244 e. The Hall–Kier alpha value is -0.850. The Labute approximate surface area is 80.5 Å². The number of methoxy groups -OCH3 is 1. The molecule has 0 unspecified atom stereocenters. The quantitative estimate of drug-likeness (QED) is 0.785. The van der Waals surface area contributed by atoms with Crippen molar-refractivity contribution in [1.29, 1.82) is 0 Å². The van der Waals surface area contributed by atoms with Gasteiger partial charge in [0.25, 0.3) is 0 Å². The van der Waals surface area contributed by atoms with E-state index in [-0.39, 0.29) is 15.8 Å². The Bertz CT molecular complexity index is 418. The van der Waals surface area contributed by atoms with E-state index in [1.807, 2.05) is 0 Å². The molecule has 0 aliphatic heterocycles. The van der Waals surface area contributed by atoms with Crippen molar-refractivity contribution in [2.24, 2.45) is 5.14 Å². The number of aromatic nitrogens is 1. The number of nitrogens with zero attached hydrogens (tertiary/aromatic N) is 1. The number of rotatable bonds is 2. The molecule has 5 nitrogen and oxygen atoms in total. The molecule has 7 heteroatoms. The Morgan fingerprint density at radius 1 is 1.62 bits per heavy atom. The van der Waals surface area contributed by atoms with Crippen LogP contribution in [0.1, 0.15) is 0 Å². The van der Waals surface area contributed by atoms with Gasteiger partial charge < -0.3 is 4.74 Å². The van der Waals surface area contributed by atoms with Gasteiger partial charge in [-0.1, -0.05) is 11.6 Å². The second-order valence-electron chi connectivity index (χ2n) is 2.18. The third-order valence-electron chi connectivity index (χ3n) is 1.30. The van der Waals surface area contributed by atoms with Gasteiger partial charge in [-0.2, -0.15) is 0 Å². The summed E-state index contributed by atoms with van der Waals surface area (Å²) >= 11 is 5.61. The summed E-state index contributed by atoms with van der Waals surface area (Å²) in [4.78, 5) is 3.37. The predicted molar refractivity (Wildman–Crippen MR) is 47.2 cm³/mol. The molecule has 1 heterocycles. The zero-order valence-electron chi connectivity index (χ0n) is 6.69. The van der Waals surface area contributed by atoms with Crippen molar-refractivity contribution in [1.82, 2.24) is 4.98 Å². The average molecular weight is 223 g/mol. The minimum absolute atomic E-state index is 0.00523. The van der Waals surface area contributed by atoms with E-state index in [2.05, 4.69) is 4.98 Å². The largest absolute Gasteiger partial charge is 0.480 e. The maximum atomic E-state index is 11.0. The molecule has 72 valence electrons. The molecule has 0 saturated carbocycles. The zero-order valence-corrected chi connectivity index (χ0v) is 8.26. The van der Waals surface area contributed by atoms with Crippen molar-refractivity contribution < 1.29 is 13.2 Å². The number of sulfonamides is 1. The number of primary sulfonamides is 1. The Morgan fingerprint density at radius 3 is 2.62 bits per heavy atom. The van der Waals surface area contributed by atoms with Gasteiger partial charge in [-0.15, -0.1) is 0 Å². The van der Waals surface area contributed by atoms with Crippen LogP contribution in [-0.4, -0.2) is 20.5 Å². The second-order valence-corrected chi connectivity index (χ2v) is 4.08. The average Bonchev–Trinajstić information content (AvgIpc) is 2.01. The Kier molecular flexibility index (Phi) is 2.74. The van der Waals surface area contributed by atoms with Crippen molar-refractivity contribution in [3.63, 3.8) is 0 Å². The molecule has 13 heavy (non-hydrogen) atoms. The van der Waals surface area contributed by atoms with Crippen molar-refractivity contribution in [2.45, 2.75) is 4.90 Å². The summed E-state index contributed by atoms with van der Waals surface area (Å²) in [6, 6.07) is 1.32. The molecule has 0 atom stereocenters. The van der Waals surface area contributed by atoms with Gasteiger partial charge in [-0.25, -0.2) is 18.5 Å². The first-order chi connectivity index (χ1) is 5.96. The zero-order chi connectivity index (χ0) is 10.1. The standard InChI is InChI=1S/C6H7ClN2O3S/c1-12-6-5(13(8,10)11)4(7)2-3-9-6/h2-3H,1H3,(H2,8,10,11). The third-order valence-corrected chi connectivity index (χ3v) is 2.69. The summed E-state index contributed by atoms with van der Waals surface area (Å²) < 4.78 is 26.7. The summed E-state index contributed by atoms with van der Waals surface area (Å²) in [5.41, 5.74) is 0. The fraction of sp³-hybridized carbons (Fsp3) is 0.167. The lowest BCUT2D eigenvalue weighted by molar-refractivity contribution is 0.385. The molecule has 0 aliphatic rings. The molecule has 0 bridgehead atoms. The molecule has 1 rings (SSSR count). The summed E-state index contributed by atoms with van der Waals surface area (Å²) in [5, 5.41) is 4.90. The number of nitrogens with two attached hydrogens (primary N) is 1. The maximum Gasteiger partial charge on any atom is 0.244 e. The van der Waals surface area contributed by atoms with Gasteiger partial charge in [0.15, 0.2) is 4.90 Å². The monoisotopic (exact) mass is 222 g/mol. The van der Waals surface area contributed by atoms with Crippen molar-refractivity contribution in [3.8, 4) is 5.88 Å². The van der Waals surface area contributed by atoms with Crippen molar-refractivity contribution >= 4 is 21.6 Å². The van der Waals surface area contributed by atoms with Crippen molar-refractivity contribution in [2.75, 3.05) is 7.11 Å². The predicted octanol–water partition coefficient (Wildman–Crippen LogP) is 0.391. The maximum absolute atomic E-state index is 11.0. The van der Waals surface area contributed by atoms with Crippen LogP contribution in [-0.2, 0) is 10.0 Å². The van der Waals surface area contributed by atoms with Crippen molar-refractivity contribution in [3.05, 3.63) is 17.3 Å². The topological polar surface area (TPSA) is 82.3 Å². The molecule has 1 aromatic rings. The molecule has 0 amide bonds. The van der Waals surface area contributed by atoms with E-state index < -0.39 is 10.0 Å². The highest BCUT2D eigenvalue weighted by Crippen LogP contribution is 2.27. The summed E-state index contributed by atoms with van der Waals surface area (Å²) in [5.74, 6) is -0.102. The van der Waals surface area contributed by atoms with Crippen LogP contribution in [0.2, 0.25) is 5.02 Å². The molecule has 0 aromatic carbocycles. The van der Waals surface area contributed by atoms with Crippen LogP contribution in [0.5, 0.6) is 5.88 Å².